The molecule has 0 spiro atoms. The lowest BCUT2D eigenvalue weighted by molar-refractivity contribution is 0.0600. The molecule has 32 heavy (non-hydrogen) atoms. The minimum atomic E-state index is -0.467. The normalized spacial score (nSPS) is 13.8. The molecule has 2 aromatic heterocycles. The molecule has 166 valence electrons. The van der Waals surface area contributed by atoms with Gasteiger partial charge in [0.05, 0.1) is 12.7 Å². The Hall–Kier alpha value is -3.95. The fourth-order valence-corrected chi connectivity index (χ4v) is 3.73. The Morgan fingerprint density at radius 1 is 1.12 bits per heavy atom. The number of nitrogens with zero attached hydrogens (tertiary/aromatic N) is 5. The predicted octanol–water partition coefficient (Wildman–Crippen LogP) is 1.95. The molecule has 2 amide bonds. The van der Waals surface area contributed by atoms with Crippen LogP contribution in [0.25, 0.3) is 11.2 Å². The van der Waals surface area contributed by atoms with E-state index in [-0.39, 0.29) is 11.6 Å². The third-order valence-corrected chi connectivity index (χ3v) is 5.40. The zero-order chi connectivity index (χ0) is 22.7. The lowest BCUT2D eigenvalue weighted by Gasteiger charge is -2.35. The van der Waals surface area contributed by atoms with E-state index in [9.17, 15) is 14.4 Å². The highest BCUT2D eigenvalue weighted by Gasteiger charge is 2.25. The number of anilines is 2. The Labute approximate surface area is 184 Å². The number of carbonyl (C=O) groups excluding carboxylic acids is 2. The second-order valence-corrected chi connectivity index (χ2v) is 7.31. The third-order valence-electron chi connectivity index (χ3n) is 5.40. The second-order valence-electron chi connectivity index (χ2n) is 7.31. The van der Waals surface area contributed by atoms with Gasteiger partial charge in [-0.05, 0) is 37.3 Å². The predicted molar refractivity (Wildman–Crippen MR) is 120 cm³/mol. The van der Waals surface area contributed by atoms with E-state index in [0.717, 1.165) is 0 Å². The monoisotopic (exact) mass is 436 g/mol. The summed E-state index contributed by atoms with van der Waals surface area (Å²) in [6, 6.07) is 9.94. The van der Waals surface area contributed by atoms with Gasteiger partial charge in [-0.1, -0.05) is 6.07 Å². The third kappa shape index (κ3) is 4.11. The van der Waals surface area contributed by atoms with Crippen molar-refractivity contribution < 1.29 is 14.3 Å². The van der Waals surface area contributed by atoms with Gasteiger partial charge in [0.1, 0.15) is 5.52 Å². The molecule has 10 nitrogen and oxygen atoms in total. The average Bonchev–Trinajstić information content (AvgIpc) is 2.83. The molecule has 1 saturated heterocycles. The number of hydrogen-bond donors (Lipinski definition) is 1. The largest absolute Gasteiger partial charge is 0.465 e. The number of esters is 1. The van der Waals surface area contributed by atoms with Gasteiger partial charge in [-0.15, -0.1) is 0 Å². The van der Waals surface area contributed by atoms with Crippen molar-refractivity contribution in [3.05, 3.63) is 58.5 Å². The van der Waals surface area contributed by atoms with Crippen molar-refractivity contribution in [1.82, 2.24) is 19.4 Å². The van der Waals surface area contributed by atoms with Crippen LogP contribution >= 0.6 is 0 Å². The Morgan fingerprint density at radius 2 is 1.91 bits per heavy atom. The standard InChI is InChI=1S/C22H24N6O4/c1-3-28-18-17(8-5-9-23-18)25-19(20(28)29)26-10-12-27(13-11-26)22(31)24-16-7-4-6-15(14-16)21(30)32-2/h4-9,14H,3,10-13H2,1-2H3,(H,24,31). The van der Waals surface area contributed by atoms with Crippen LogP contribution in [0.15, 0.2) is 47.4 Å². The Balaban J connectivity index is 1.46. The molecule has 0 atom stereocenters. The van der Waals surface area contributed by atoms with Crippen molar-refractivity contribution in [1.29, 1.82) is 0 Å². The first-order chi connectivity index (χ1) is 15.5. The molecule has 1 aliphatic rings. The summed E-state index contributed by atoms with van der Waals surface area (Å²) in [6.45, 7) is 4.22. The van der Waals surface area contributed by atoms with Crippen LogP contribution in [-0.2, 0) is 11.3 Å². The molecule has 1 aliphatic heterocycles. The highest BCUT2D eigenvalue weighted by atomic mass is 16.5. The lowest BCUT2D eigenvalue weighted by Crippen LogP contribution is -2.51. The zero-order valence-electron chi connectivity index (χ0n) is 17.9. The molecule has 4 rings (SSSR count). The maximum Gasteiger partial charge on any atom is 0.337 e. The number of pyridine rings is 1. The molecular weight excluding hydrogens is 412 g/mol. The zero-order valence-corrected chi connectivity index (χ0v) is 17.9. The fraction of sp³-hybridized carbons (Fsp3) is 0.318. The fourth-order valence-electron chi connectivity index (χ4n) is 3.73. The number of rotatable bonds is 4. The van der Waals surface area contributed by atoms with E-state index in [1.807, 2.05) is 17.9 Å². The number of aromatic nitrogens is 3. The van der Waals surface area contributed by atoms with E-state index in [1.54, 1.807) is 46.0 Å². The van der Waals surface area contributed by atoms with Crippen LogP contribution in [0.2, 0.25) is 0 Å². The Bertz CT molecular complexity index is 1220. The van der Waals surface area contributed by atoms with Crippen molar-refractivity contribution >= 4 is 34.7 Å². The van der Waals surface area contributed by atoms with Crippen LogP contribution in [0.1, 0.15) is 17.3 Å². The maximum absolute atomic E-state index is 13.0. The van der Waals surface area contributed by atoms with Crippen LogP contribution in [0.4, 0.5) is 16.3 Å². The Morgan fingerprint density at radius 3 is 2.62 bits per heavy atom. The highest BCUT2D eigenvalue weighted by Crippen LogP contribution is 2.16. The summed E-state index contributed by atoms with van der Waals surface area (Å²) < 4.78 is 6.33. The topological polar surface area (TPSA) is 110 Å². The van der Waals surface area contributed by atoms with Crippen molar-refractivity contribution in [3.63, 3.8) is 0 Å². The molecule has 0 saturated carbocycles. The quantitative estimate of drug-likeness (QED) is 0.623. The number of benzene rings is 1. The van der Waals surface area contributed by atoms with Crippen molar-refractivity contribution in [3.8, 4) is 0 Å². The summed E-state index contributed by atoms with van der Waals surface area (Å²) in [5.41, 5.74) is 1.91. The number of aryl methyl sites for hydroxylation is 1. The molecule has 1 fully saturated rings. The molecule has 10 heteroatoms. The molecule has 0 aliphatic carbocycles. The highest BCUT2D eigenvalue weighted by molar-refractivity contribution is 5.94. The van der Waals surface area contributed by atoms with E-state index in [2.05, 4.69) is 15.3 Å². The van der Waals surface area contributed by atoms with Gasteiger partial charge in [-0.2, -0.15) is 0 Å². The number of ether oxygens (including phenoxy) is 1. The van der Waals surface area contributed by atoms with E-state index < -0.39 is 5.97 Å². The van der Waals surface area contributed by atoms with E-state index >= 15 is 0 Å². The minimum absolute atomic E-state index is 0.184. The van der Waals surface area contributed by atoms with Crippen LogP contribution in [-0.4, -0.2) is 64.7 Å². The van der Waals surface area contributed by atoms with E-state index in [4.69, 9.17) is 4.74 Å². The van der Waals surface area contributed by atoms with Crippen LogP contribution < -0.4 is 15.8 Å². The summed E-state index contributed by atoms with van der Waals surface area (Å²) >= 11 is 0. The van der Waals surface area contributed by atoms with E-state index in [0.29, 0.717) is 61.0 Å². The number of nitrogens with one attached hydrogen (secondary N) is 1. The van der Waals surface area contributed by atoms with Gasteiger partial charge in [0, 0.05) is 44.6 Å². The van der Waals surface area contributed by atoms with Crippen LogP contribution in [0.5, 0.6) is 0 Å². The summed E-state index contributed by atoms with van der Waals surface area (Å²) in [4.78, 5) is 49.8. The van der Waals surface area contributed by atoms with Gasteiger partial charge < -0.3 is 19.9 Å². The van der Waals surface area contributed by atoms with Gasteiger partial charge in [-0.3, -0.25) is 9.36 Å². The molecular formula is C22H24N6O4. The minimum Gasteiger partial charge on any atom is -0.465 e. The molecule has 3 heterocycles. The van der Waals surface area contributed by atoms with Gasteiger partial charge in [0.2, 0.25) is 0 Å². The molecule has 0 bridgehead atoms. The Kier molecular flexibility index (Phi) is 6.02. The number of fused-ring (bicyclic) bond motifs is 1. The number of carbonyl (C=O) groups is 2. The molecule has 0 unspecified atom stereocenters. The number of methoxy groups -OCH3 is 1. The first kappa shape index (κ1) is 21.3. The molecule has 1 N–H and O–H groups in total. The summed E-state index contributed by atoms with van der Waals surface area (Å²) in [5, 5.41) is 2.81. The molecule has 3 aromatic rings. The average molecular weight is 436 g/mol. The number of piperazine rings is 1. The lowest BCUT2D eigenvalue weighted by atomic mass is 10.2. The van der Waals surface area contributed by atoms with Crippen molar-refractivity contribution in [2.24, 2.45) is 0 Å². The van der Waals surface area contributed by atoms with Crippen LogP contribution in [0, 0.1) is 0 Å². The first-order valence-corrected chi connectivity index (χ1v) is 10.4. The number of hydrogen-bond acceptors (Lipinski definition) is 7. The maximum atomic E-state index is 13.0. The van der Waals surface area contributed by atoms with E-state index in [1.165, 1.54) is 7.11 Å². The SMILES string of the molecule is CCn1c(=O)c(N2CCN(C(=O)Nc3cccc(C(=O)OC)c3)CC2)nc2cccnc21. The number of urea groups is 1. The van der Waals surface area contributed by atoms with Crippen molar-refractivity contribution in [2.45, 2.75) is 13.5 Å². The summed E-state index contributed by atoms with van der Waals surface area (Å²) in [7, 11) is 1.31. The summed E-state index contributed by atoms with van der Waals surface area (Å²) in [6.07, 6.45) is 1.65. The number of amides is 2. The van der Waals surface area contributed by atoms with Crippen LogP contribution in [0.3, 0.4) is 0 Å². The van der Waals surface area contributed by atoms with Gasteiger partial charge in [0.25, 0.3) is 5.56 Å². The first-order valence-electron chi connectivity index (χ1n) is 10.4. The van der Waals surface area contributed by atoms with Gasteiger partial charge in [0.15, 0.2) is 11.5 Å². The van der Waals surface area contributed by atoms with Gasteiger partial charge >= 0.3 is 12.0 Å². The molecule has 1 aromatic carbocycles. The smallest absolute Gasteiger partial charge is 0.337 e. The van der Waals surface area contributed by atoms with Gasteiger partial charge in [-0.25, -0.2) is 19.6 Å². The molecule has 0 radical (unpaired) electrons. The second kappa shape index (κ2) is 9.04. The summed E-state index contributed by atoms with van der Waals surface area (Å²) in [5.74, 6) is -0.0938. The van der Waals surface area contributed by atoms with Crippen molar-refractivity contribution in [2.75, 3.05) is 43.5 Å².